The smallest absolute Gasteiger partial charge is 0.231 e. The third kappa shape index (κ3) is 2.89. The molecule has 0 saturated heterocycles. The summed E-state index contributed by atoms with van der Waals surface area (Å²) in [5.74, 6) is 3.16. The molecule has 5 nitrogen and oxygen atoms in total. The Morgan fingerprint density at radius 2 is 1.58 bits per heavy atom. The molecule has 2 aromatic carbocycles. The molecule has 2 aliphatic rings. The van der Waals surface area contributed by atoms with Gasteiger partial charge in [-0.2, -0.15) is 0 Å². The lowest BCUT2D eigenvalue weighted by molar-refractivity contribution is 0.173. The second-order valence-electron chi connectivity index (χ2n) is 5.81. The van der Waals surface area contributed by atoms with E-state index in [1.54, 1.807) is 0 Å². The number of hydrogen-bond acceptors (Lipinski definition) is 5. The minimum absolute atomic E-state index is 0.0925. The molecule has 2 aliphatic heterocycles. The largest absolute Gasteiger partial charge is 0.454 e. The van der Waals surface area contributed by atoms with Crippen molar-refractivity contribution in [3.63, 3.8) is 0 Å². The van der Waals surface area contributed by atoms with E-state index in [1.165, 1.54) is 0 Å². The fraction of sp³-hybridized carbons (Fsp3) is 0.316. The Labute approximate surface area is 140 Å². The van der Waals surface area contributed by atoms with E-state index >= 15 is 0 Å². The first-order valence-corrected chi connectivity index (χ1v) is 8.16. The quantitative estimate of drug-likeness (QED) is 0.777. The normalized spacial score (nSPS) is 15.9. The number of rotatable bonds is 5. The Morgan fingerprint density at radius 3 is 2.33 bits per heavy atom. The summed E-state index contributed by atoms with van der Waals surface area (Å²) in [5.41, 5.74) is 2.14. The van der Waals surface area contributed by atoms with Crippen LogP contribution in [0.25, 0.3) is 0 Å². The van der Waals surface area contributed by atoms with Gasteiger partial charge >= 0.3 is 0 Å². The molecular formula is C19H19NO4. The Balaban J connectivity index is 1.57. The second kappa shape index (κ2) is 6.43. The van der Waals surface area contributed by atoms with Gasteiger partial charge in [-0.3, -0.25) is 4.99 Å². The molecule has 0 N–H and O–H groups in total. The van der Waals surface area contributed by atoms with Crippen LogP contribution in [0, 0.1) is 0 Å². The predicted octanol–water partition coefficient (Wildman–Crippen LogP) is 4.10. The lowest BCUT2D eigenvalue weighted by atomic mass is 10.0. The molecule has 1 atom stereocenters. The highest BCUT2D eigenvalue weighted by Crippen LogP contribution is 2.36. The number of ether oxygens (including phenoxy) is 4. The van der Waals surface area contributed by atoms with E-state index in [0.717, 1.165) is 47.0 Å². The van der Waals surface area contributed by atoms with Crippen LogP contribution in [-0.2, 0) is 0 Å². The van der Waals surface area contributed by atoms with Gasteiger partial charge in [0, 0.05) is 6.21 Å². The number of hydrogen-bond donors (Lipinski definition) is 0. The summed E-state index contributed by atoms with van der Waals surface area (Å²) in [6.45, 7) is 2.74. The van der Waals surface area contributed by atoms with Crippen molar-refractivity contribution in [1.82, 2.24) is 0 Å². The van der Waals surface area contributed by atoms with E-state index in [0.29, 0.717) is 0 Å². The maximum Gasteiger partial charge on any atom is 0.231 e. The van der Waals surface area contributed by atoms with E-state index < -0.39 is 0 Å². The summed E-state index contributed by atoms with van der Waals surface area (Å²) in [6.07, 6.45) is 3.92. The van der Waals surface area contributed by atoms with E-state index in [9.17, 15) is 0 Å². The maximum absolute atomic E-state index is 5.48. The number of benzene rings is 2. The minimum atomic E-state index is 0.0925. The fourth-order valence-corrected chi connectivity index (χ4v) is 2.89. The van der Waals surface area contributed by atoms with Crippen molar-refractivity contribution in [2.75, 3.05) is 13.6 Å². The summed E-state index contributed by atoms with van der Waals surface area (Å²) in [6, 6.07) is 12.0. The highest BCUT2D eigenvalue weighted by Gasteiger charge is 2.17. The van der Waals surface area contributed by atoms with Gasteiger partial charge in [-0.25, -0.2) is 0 Å². The van der Waals surface area contributed by atoms with E-state index in [-0.39, 0.29) is 19.6 Å². The Bertz CT molecular complexity index is 772. The third-order valence-electron chi connectivity index (χ3n) is 4.14. The zero-order valence-corrected chi connectivity index (χ0v) is 13.5. The lowest BCUT2D eigenvalue weighted by Gasteiger charge is -2.12. The third-order valence-corrected chi connectivity index (χ3v) is 4.14. The van der Waals surface area contributed by atoms with E-state index in [4.69, 9.17) is 23.9 Å². The molecule has 24 heavy (non-hydrogen) atoms. The molecule has 2 aromatic rings. The van der Waals surface area contributed by atoms with Crippen molar-refractivity contribution in [1.29, 1.82) is 0 Å². The molecule has 0 fully saturated rings. The van der Waals surface area contributed by atoms with Gasteiger partial charge < -0.3 is 18.9 Å². The molecule has 0 aromatic heterocycles. The van der Waals surface area contributed by atoms with Gasteiger partial charge in [-0.15, -0.1) is 0 Å². The molecule has 5 heteroatoms. The monoisotopic (exact) mass is 325 g/mol. The van der Waals surface area contributed by atoms with E-state index in [2.05, 4.69) is 13.0 Å². The Hall–Kier alpha value is -2.69. The zero-order valence-electron chi connectivity index (χ0n) is 13.5. The zero-order chi connectivity index (χ0) is 16.4. The summed E-state index contributed by atoms with van der Waals surface area (Å²) in [4.78, 5) is 4.79. The first-order chi connectivity index (χ1) is 11.8. The molecule has 124 valence electrons. The van der Waals surface area contributed by atoms with E-state index in [1.807, 2.05) is 36.5 Å². The van der Waals surface area contributed by atoms with Gasteiger partial charge in [0.05, 0.1) is 6.04 Å². The van der Waals surface area contributed by atoms with Crippen LogP contribution in [0.3, 0.4) is 0 Å². The van der Waals surface area contributed by atoms with Crippen molar-refractivity contribution < 1.29 is 18.9 Å². The summed E-state index contributed by atoms with van der Waals surface area (Å²) in [7, 11) is 0. The molecule has 4 rings (SSSR count). The first-order valence-electron chi connectivity index (χ1n) is 8.16. The Kier molecular flexibility index (Phi) is 3.99. The van der Waals surface area contributed by atoms with Gasteiger partial charge in [0.15, 0.2) is 23.0 Å². The topological polar surface area (TPSA) is 49.3 Å². The first kappa shape index (κ1) is 14.9. The Morgan fingerprint density at radius 1 is 0.917 bits per heavy atom. The van der Waals surface area contributed by atoms with Crippen molar-refractivity contribution in [3.8, 4) is 23.0 Å². The molecule has 0 aliphatic carbocycles. The number of aliphatic imine (C=N–C) groups is 1. The number of nitrogens with zero attached hydrogens (tertiary/aromatic N) is 1. The van der Waals surface area contributed by atoms with Gasteiger partial charge in [0.1, 0.15) is 0 Å². The van der Waals surface area contributed by atoms with Crippen molar-refractivity contribution >= 4 is 6.21 Å². The predicted molar refractivity (Wildman–Crippen MR) is 90.4 cm³/mol. The molecule has 0 radical (unpaired) electrons. The summed E-state index contributed by atoms with van der Waals surface area (Å²) in [5, 5.41) is 0. The van der Waals surface area contributed by atoms with Crippen LogP contribution >= 0.6 is 0 Å². The van der Waals surface area contributed by atoms with Gasteiger partial charge in [0.2, 0.25) is 13.6 Å². The molecule has 0 spiro atoms. The van der Waals surface area contributed by atoms with Gasteiger partial charge in [0.25, 0.3) is 0 Å². The standard InChI is InChI=1S/C19H19NO4/c1-2-3-15(14-5-7-17-19(9-14)24-12-22-17)20-10-13-4-6-16-18(8-13)23-11-21-16/h4-10,15H,2-3,11-12H2,1H3. The van der Waals surface area contributed by atoms with Gasteiger partial charge in [-0.05, 0) is 47.9 Å². The average molecular weight is 325 g/mol. The number of fused-ring (bicyclic) bond motifs is 2. The highest BCUT2D eigenvalue weighted by atomic mass is 16.7. The SMILES string of the molecule is CCCC(N=Cc1ccc2c(c1)OCO2)c1ccc2c(c1)OCO2. The lowest BCUT2D eigenvalue weighted by Crippen LogP contribution is -1.97. The summed E-state index contributed by atoms with van der Waals surface area (Å²) >= 11 is 0. The fourth-order valence-electron chi connectivity index (χ4n) is 2.89. The van der Waals surface area contributed by atoms with Crippen molar-refractivity contribution in [2.45, 2.75) is 25.8 Å². The molecule has 2 heterocycles. The van der Waals surface area contributed by atoms with Crippen LogP contribution in [0.4, 0.5) is 0 Å². The molecule has 1 unspecified atom stereocenters. The second-order valence-corrected chi connectivity index (χ2v) is 5.81. The van der Waals surface area contributed by atoms with Crippen LogP contribution in [-0.4, -0.2) is 19.8 Å². The molecule has 0 bridgehead atoms. The maximum atomic E-state index is 5.48. The van der Waals surface area contributed by atoms with Crippen LogP contribution < -0.4 is 18.9 Å². The van der Waals surface area contributed by atoms with Crippen LogP contribution in [0.2, 0.25) is 0 Å². The van der Waals surface area contributed by atoms with Crippen LogP contribution in [0.1, 0.15) is 36.9 Å². The molecular weight excluding hydrogens is 306 g/mol. The molecule has 0 amide bonds. The summed E-state index contributed by atoms with van der Waals surface area (Å²) < 4.78 is 21.6. The van der Waals surface area contributed by atoms with Crippen LogP contribution in [0.15, 0.2) is 41.4 Å². The van der Waals surface area contributed by atoms with Gasteiger partial charge in [-0.1, -0.05) is 19.4 Å². The minimum Gasteiger partial charge on any atom is -0.454 e. The van der Waals surface area contributed by atoms with Crippen LogP contribution in [0.5, 0.6) is 23.0 Å². The highest BCUT2D eigenvalue weighted by molar-refractivity contribution is 5.81. The average Bonchev–Trinajstić information content (AvgIpc) is 3.26. The van der Waals surface area contributed by atoms with Crippen molar-refractivity contribution in [2.24, 2.45) is 4.99 Å². The van der Waals surface area contributed by atoms with Crippen molar-refractivity contribution in [3.05, 3.63) is 47.5 Å². The molecule has 0 saturated carbocycles.